The quantitative estimate of drug-likeness (QED) is 0.843. The number of likely N-dealkylation sites (N-methyl/N-ethyl adjacent to an activating group) is 1. The molecule has 0 heterocycles. The molecule has 112 valence electrons. The fourth-order valence-electron chi connectivity index (χ4n) is 2.50. The molecule has 0 spiro atoms. The summed E-state index contributed by atoms with van der Waals surface area (Å²) in [6.45, 7) is 3.02. The molecule has 2 aromatic carbocycles. The lowest BCUT2D eigenvalue weighted by Gasteiger charge is -2.21. The number of hydrogen-bond donors (Lipinski definition) is 1. The lowest BCUT2D eigenvalue weighted by atomic mass is 9.97. The molecule has 0 saturated heterocycles. The van der Waals surface area contributed by atoms with E-state index in [4.69, 9.17) is 9.47 Å². The van der Waals surface area contributed by atoms with E-state index < -0.39 is 0 Å². The van der Waals surface area contributed by atoms with Crippen molar-refractivity contribution in [1.29, 1.82) is 0 Å². The Morgan fingerprint density at radius 2 is 1.76 bits per heavy atom. The minimum atomic E-state index is 0.197. The van der Waals surface area contributed by atoms with Crippen molar-refractivity contribution in [3.63, 3.8) is 0 Å². The van der Waals surface area contributed by atoms with E-state index in [1.165, 1.54) is 5.56 Å². The van der Waals surface area contributed by atoms with E-state index in [0.717, 1.165) is 30.0 Å². The summed E-state index contributed by atoms with van der Waals surface area (Å²) in [6, 6.07) is 16.6. The molecule has 0 aliphatic rings. The highest BCUT2D eigenvalue weighted by atomic mass is 16.5. The molecular weight excluding hydrogens is 262 g/mol. The average molecular weight is 285 g/mol. The van der Waals surface area contributed by atoms with Gasteiger partial charge in [-0.05, 0) is 36.7 Å². The van der Waals surface area contributed by atoms with Gasteiger partial charge in [0.25, 0.3) is 0 Å². The monoisotopic (exact) mass is 285 g/mol. The summed E-state index contributed by atoms with van der Waals surface area (Å²) in [7, 11) is 3.39. The second-order valence-electron chi connectivity index (χ2n) is 4.91. The Labute approximate surface area is 126 Å². The molecule has 1 N–H and O–H groups in total. The van der Waals surface area contributed by atoms with Crippen LogP contribution >= 0.6 is 0 Å². The molecule has 3 heteroatoms. The highest BCUT2D eigenvalue weighted by Crippen LogP contribution is 2.31. The van der Waals surface area contributed by atoms with Crippen molar-refractivity contribution >= 4 is 0 Å². The molecule has 0 radical (unpaired) electrons. The minimum absolute atomic E-state index is 0.197. The molecule has 0 fully saturated rings. The van der Waals surface area contributed by atoms with Crippen LogP contribution < -0.4 is 14.8 Å². The van der Waals surface area contributed by atoms with Crippen LogP contribution in [0.25, 0.3) is 0 Å². The number of benzene rings is 2. The van der Waals surface area contributed by atoms with Gasteiger partial charge in [0.15, 0.2) is 0 Å². The number of rotatable bonds is 7. The van der Waals surface area contributed by atoms with Gasteiger partial charge in [0.1, 0.15) is 11.5 Å². The predicted molar refractivity (Wildman–Crippen MR) is 86.1 cm³/mol. The molecule has 1 unspecified atom stereocenters. The van der Waals surface area contributed by atoms with Crippen LogP contribution in [0.5, 0.6) is 11.5 Å². The lowest BCUT2D eigenvalue weighted by molar-refractivity contribution is 0.389. The fourth-order valence-corrected chi connectivity index (χ4v) is 2.50. The molecule has 0 bridgehead atoms. The van der Waals surface area contributed by atoms with Gasteiger partial charge in [-0.1, -0.05) is 37.3 Å². The van der Waals surface area contributed by atoms with Crippen molar-refractivity contribution in [2.45, 2.75) is 19.4 Å². The third-order valence-corrected chi connectivity index (χ3v) is 3.55. The zero-order valence-corrected chi connectivity index (χ0v) is 12.9. The van der Waals surface area contributed by atoms with Gasteiger partial charge in [0.2, 0.25) is 0 Å². The Morgan fingerprint density at radius 3 is 2.38 bits per heavy atom. The second-order valence-corrected chi connectivity index (χ2v) is 4.91. The Bertz CT molecular complexity index is 554. The van der Waals surface area contributed by atoms with Gasteiger partial charge in [-0.25, -0.2) is 0 Å². The molecule has 0 aromatic heterocycles. The van der Waals surface area contributed by atoms with Crippen LogP contribution in [0.15, 0.2) is 48.5 Å². The summed E-state index contributed by atoms with van der Waals surface area (Å²) in [5, 5.41) is 3.54. The Morgan fingerprint density at radius 1 is 1.00 bits per heavy atom. The van der Waals surface area contributed by atoms with Gasteiger partial charge < -0.3 is 14.8 Å². The van der Waals surface area contributed by atoms with E-state index in [1.54, 1.807) is 14.2 Å². The van der Waals surface area contributed by atoms with Crippen molar-refractivity contribution < 1.29 is 9.47 Å². The Balaban J connectivity index is 2.32. The smallest absolute Gasteiger partial charge is 0.123 e. The average Bonchev–Trinajstić information content (AvgIpc) is 2.55. The van der Waals surface area contributed by atoms with Crippen molar-refractivity contribution in [1.82, 2.24) is 5.32 Å². The first kappa shape index (κ1) is 15.4. The van der Waals surface area contributed by atoms with E-state index in [9.17, 15) is 0 Å². The number of hydrogen-bond acceptors (Lipinski definition) is 3. The first-order chi connectivity index (χ1) is 10.3. The highest BCUT2D eigenvalue weighted by Gasteiger charge is 2.17. The fraction of sp³-hybridized carbons (Fsp3) is 0.333. The zero-order valence-electron chi connectivity index (χ0n) is 12.9. The van der Waals surface area contributed by atoms with Gasteiger partial charge in [0, 0.05) is 11.6 Å². The molecule has 1 atom stereocenters. The number of nitrogens with one attached hydrogen (secondary N) is 1. The van der Waals surface area contributed by atoms with Crippen LogP contribution in [0, 0.1) is 0 Å². The number of ether oxygens (including phenoxy) is 2. The van der Waals surface area contributed by atoms with Gasteiger partial charge in [-0.15, -0.1) is 0 Å². The molecule has 0 aliphatic carbocycles. The first-order valence-electron chi connectivity index (χ1n) is 7.27. The SMILES string of the molecule is CCNC(Cc1ccccc1)c1cc(OC)ccc1OC. The normalized spacial score (nSPS) is 12.0. The van der Waals surface area contributed by atoms with Crippen LogP contribution in [-0.4, -0.2) is 20.8 Å². The van der Waals surface area contributed by atoms with Crippen LogP contribution in [0.2, 0.25) is 0 Å². The van der Waals surface area contributed by atoms with Gasteiger partial charge in [-0.3, -0.25) is 0 Å². The molecule has 2 rings (SSSR count). The molecule has 3 nitrogen and oxygen atoms in total. The maximum absolute atomic E-state index is 5.51. The standard InChI is InChI=1S/C18H23NO2/c1-4-19-17(12-14-8-6-5-7-9-14)16-13-15(20-2)10-11-18(16)21-3/h5-11,13,17,19H,4,12H2,1-3H3. The third kappa shape index (κ3) is 3.99. The molecule has 0 aliphatic heterocycles. The maximum Gasteiger partial charge on any atom is 0.123 e. The van der Waals surface area contributed by atoms with E-state index in [-0.39, 0.29) is 6.04 Å². The van der Waals surface area contributed by atoms with Crippen LogP contribution in [0.4, 0.5) is 0 Å². The summed E-state index contributed by atoms with van der Waals surface area (Å²) in [6.07, 6.45) is 0.915. The lowest BCUT2D eigenvalue weighted by Crippen LogP contribution is -2.23. The van der Waals surface area contributed by atoms with Crippen LogP contribution in [0.3, 0.4) is 0 Å². The van der Waals surface area contributed by atoms with Gasteiger partial charge >= 0.3 is 0 Å². The Kier molecular flexibility index (Phi) is 5.64. The molecule has 2 aromatic rings. The minimum Gasteiger partial charge on any atom is -0.497 e. The van der Waals surface area contributed by atoms with Gasteiger partial charge in [-0.2, -0.15) is 0 Å². The number of methoxy groups -OCH3 is 2. The van der Waals surface area contributed by atoms with E-state index in [1.807, 2.05) is 18.2 Å². The zero-order chi connectivity index (χ0) is 15.1. The highest BCUT2D eigenvalue weighted by molar-refractivity contribution is 5.43. The van der Waals surface area contributed by atoms with E-state index in [0.29, 0.717) is 0 Å². The summed E-state index contributed by atoms with van der Waals surface area (Å²) < 4.78 is 10.9. The van der Waals surface area contributed by atoms with Crippen molar-refractivity contribution in [2.24, 2.45) is 0 Å². The maximum atomic E-state index is 5.51. The van der Waals surface area contributed by atoms with E-state index in [2.05, 4.69) is 42.6 Å². The first-order valence-corrected chi connectivity index (χ1v) is 7.27. The van der Waals surface area contributed by atoms with Crippen molar-refractivity contribution in [2.75, 3.05) is 20.8 Å². The Hall–Kier alpha value is -2.00. The van der Waals surface area contributed by atoms with Crippen molar-refractivity contribution in [3.05, 3.63) is 59.7 Å². The van der Waals surface area contributed by atoms with Crippen LogP contribution in [-0.2, 0) is 6.42 Å². The molecule has 0 amide bonds. The predicted octanol–water partition coefficient (Wildman–Crippen LogP) is 3.60. The second kappa shape index (κ2) is 7.70. The van der Waals surface area contributed by atoms with E-state index >= 15 is 0 Å². The summed E-state index contributed by atoms with van der Waals surface area (Å²) in [4.78, 5) is 0. The summed E-state index contributed by atoms with van der Waals surface area (Å²) >= 11 is 0. The molecule has 0 saturated carbocycles. The summed E-state index contributed by atoms with van der Waals surface area (Å²) in [5.41, 5.74) is 2.43. The van der Waals surface area contributed by atoms with Gasteiger partial charge in [0.05, 0.1) is 14.2 Å². The largest absolute Gasteiger partial charge is 0.497 e. The topological polar surface area (TPSA) is 30.5 Å². The third-order valence-electron chi connectivity index (χ3n) is 3.55. The van der Waals surface area contributed by atoms with Crippen LogP contribution in [0.1, 0.15) is 24.1 Å². The molecular formula is C18H23NO2. The summed E-state index contributed by atoms with van der Waals surface area (Å²) in [5.74, 6) is 1.74. The molecule has 21 heavy (non-hydrogen) atoms. The van der Waals surface area contributed by atoms with Crippen molar-refractivity contribution in [3.8, 4) is 11.5 Å².